The third-order valence-electron chi connectivity index (χ3n) is 3.17. The van der Waals surface area contributed by atoms with Crippen LogP contribution in [-0.2, 0) is 15.2 Å². The number of hydrogen-bond acceptors (Lipinski definition) is 3. The van der Waals surface area contributed by atoms with Gasteiger partial charge in [-0.05, 0) is 24.6 Å². The molecule has 18 heavy (non-hydrogen) atoms. The highest BCUT2D eigenvalue weighted by atomic mass is 79.9. The molecule has 1 aromatic carbocycles. The van der Waals surface area contributed by atoms with Gasteiger partial charge in [-0.1, -0.05) is 33.6 Å². The summed E-state index contributed by atoms with van der Waals surface area (Å²) in [7, 11) is -2.89. The van der Waals surface area contributed by atoms with E-state index in [9.17, 15) is 8.42 Å². The fourth-order valence-electron chi connectivity index (χ4n) is 2.27. The molecule has 1 aromatic rings. The molecule has 1 heterocycles. The second-order valence-corrected chi connectivity index (χ2v) is 7.79. The lowest BCUT2D eigenvalue weighted by molar-refractivity contribution is 0.568. The fourth-order valence-corrected chi connectivity index (χ4v) is 4.47. The Morgan fingerprint density at radius 3 is 2.83 bits per heavy atom. The third-order valence-corrected chi connectivity index (χ3v) is 5.81. The van der Waals surface area contributed by atoms with Gasteiger partial charge in [-0.2, -0.15) is 0 Å². The zero-order chi connectivity index (χ0) is 13.3. The number of nitrogens with zero attached hydrogens (tertiary/aromatic N) is 1. The predicted molar refractivity (Wildman–Crippen MR) is 79.5 cm³/mol. The lowest BCUT2D eigenvalue weighted by Crippen LogP contribution is -2.47. The van der Waals surface area contributed by atoms with E-state index in [1.54, 1.807) is 0 Å². The SMILES string of the molecule is CC1CS(=O)(=O)CCN1c1cc(Cl)ccc1CBr. The van der Waals surface area contributed by atoms with E-state index in [0.717, 1.165) is 16.6 Å². The standard InChI is InChI=1S/C12H15BrClNO2S/c1-9-8-18(16,17)5-4-15(9)12-6-11(14)3-2-10(12)7-13/h2-3,6,9H,4-5,7-8H2,1H3. The molecule has 1 unspecified atom stereocenters. The van der Waals surface area contributed by atoms with Gasteiger partial charge in [0.1, 0.15) is 0 Å². The second-order valence-electron chi connectivity index (χ2n) is 4.56. The number of rotatable bonds is 2. The molecule has 0 aliphatic carbocycles. The molecule has 100 valence electrons. The maximum atomic E-state index is 11.6. The van der Waals surface area contributed by atoms with E-state index in [2.05, 4.69) is 20.8 Å². The van der Waals surface area contributed by atoms with E-state index in [4.69, 9.17) is 11.6 Å². The first kappa shape index (κ1) is 14.2. The lowest BCUT2D eigenvalue weighted by atomic mass is 10.1. The largest absolute Gasteiger partial charge is 0.366 e. The van der Waals surface area contributed by atoms with E-state index >= 15 is 0 Å². The number of benzene rings is 1. The van der Waals surface area contributed by atoms with Crippen molar-refractivity contribution in [2.45, 2.75) is 18.3 Å². The molecule has 0 radical (unpaired) electrons. The van der Waals surface area contributed by atoms with Gasteiger partial charge in [0, 0.05) is 28.6 Å². The van der Waals surface area contributed by atoms with Crippen molar-refractivity contribution in [2.75, 3.05) is 23.0 Å². The highest BCUT2D eigenvalue weighted by Crippen LogP contribution is 2.30. The van der Waals surface area contributed by atoms with Crippen LogP contribution in [0.4, 0.5) is 5.69 Å². The molecule has 1 saturated heterocycles. The van der Waals surface area contributed by atoms with Crippen molar-refractivity contribution < 1.29 is 8.42 Å². The number of sulfone groups is 1. The Kier molecular flexibility index (Phi) is 4.24. The smallest absolute Gasteiger partial charge is 0.154 e. The first-order valence-electron chi connectivity index (χ1n) is 5.74. The highest BCUT2D eigenvalue weighted by molar-refractivity contribution is 9.08. The summed E-state index contributed by atoms with van der Waals surface area (Å²) in [6, 6.07) is 5.72. The van der Waals surface area contributed by atoms with Crippen LogP contribution in [-0.4, -0.2) is 32.5 Å². The van der Waals surface area contributed by atoms with Crippen molar-refractivity contribution in [1.82, 2.24) is 0 Å². The zero-order valence-electron chi connectivity index (χ0n) is 10.1. The molecule has 0 aromatic heterocycles. The maximum absolute atomic E-state index is 11.6. The number of alkyl halides is 1. The van der Waals surface area contributed by atoms with Crippen LogP contribution < -0.4 is 4.90 Å². The van der Waals surface area contributed by atoms with Crippen LogP contribution in [0, 0.1) is 0 Å². The van der Waals surface area contributed by atoms with Gasteiger partial charge in [-0.25, -0.2) is 8.42 Å². The minimum atomic E-state index is -2.89. The van der Waals surface area contributed by atoms with Crippen molar-refractivity contribution >= 4 is 43.1 Å². The highest BCUT2D eigenvalue weighted by Gasteiger charge is 2.29. The molecule has 0 N–H and O–H groups in total. The van der Waals surface area contributed by atoms with Gasteiger partial charge in [0.15, 0.2) is 9.84 Å². The van der Waals surface area contributed by atoms with E-state index in [1.165, 1.54) is 0 Å². The molecule has 0 spiro atoms. The Balaban J connectivity index is 2.34. The number of anilines is 1. The van der Waals surface area contributed by atoms with Crippen molar-refractivity contribution in [3.63, 3.8) is 0 Å². The molecular formula is C12H15BrClNO2S. The van der Waals surface area contributed by atoms with Crippen LogP contribution in [0.5, 0.6) is 0 Å². The van der Waals surface area contributed by atoms with E-state index in [1.807, 2.05) is 25.1 Å². The summed E-state index contributed by atoms with van der Waals surface area (Å²) in [5.74, 6) is 0.423. The number of halogens is 2. The van der Waals surface area contributed by atoms with Crippen LogP contribution in [0.1, 0.15) is 12.5 Å². The first-order valence-corrected chi connectivity index (χ1v) is 9.06. The monoisotopic (exact) mass is 351 g/mol. The first-order chi connectivity index (χ1) is 8.43. The second kappa shape index (κ2) is 5.39. The van der Waals surface area contributed by atoms with Crippen LogP contribution in [0.2, 0.25) is 5.02 Å². The maximum Gasteiger partial charge on any atom is 0.154 e. The summed E-state index contributed by atoms with van der Waals surface area (Å²) >= 11 is 9.49. The molecule has 1 atom stereocenters. The quantitative estimate of drug-likeness (QED) is 0.768. The summed E-state index contributed by atoms with van der Waals surface area (Å²) < 4.78 is 23.2. The van der Waals surface area contributed by atoms with Crippen LogP contribution in [0.15, 0.2) is 18.2 Å². The minimum Gasteiger partial charge on any atom is -0.366 e. The lowest BCUT2D eigenvalue weighted by Gasteiger charge is -2.36. The average Bonchev–Trinajstić information content (AvgIpc) is 2.28. The summed E-state index contributed by atoms with van der Waals surface area (Å²) in [4.78, 5) is 2.13. The van der Waals surface area contributed by atoms with Gasteiger partial charge in [0.2, 0.25) is 0 Å². The van der Waals surface area contributed by atoms with Crippen LogP contribution in [0.25, 0.3) is 0 Å². The van der Waals surface area contributed by atoms with Crippen LogP contribution >= 0.6 is 27.5 Å². The van der Waals surface area contributed by atoms with Gasteiger partial charge >= 0.3 is 0 Å². The van der Waals surface area contributed by atoms with Crippen molar-refractivity contribution in [2.24, 2.45) is 0 Å². The molecule has 0 bridgehead atoms. The third kappa shape index (κ3) is 3.00. The minimum absolute atomic E-state index is 0.0139. The molecule has 3 nitrogen and oxygen atoms in total. The topological polar surface area (TPSA) is 37.4 Å². The zero-order valence-corrected chi connectivity index (χ0v) is 13.2. The molecule has 2 rings (SSSR count). The van der Waals surface area contributed by atoms with Gasteiger partial charge in [0.05, 0.1) is 11.5 Å². The van der Waals surface area contributed by atoms with Crippen LogP contribution in [0.3, 0.4) is 0 Å². The molecule has 6 heteroatoms. The van der Waals surface area contributed by atoms with Crippen molar-refractivity contribution in [3.05, 3.63) is 28.8 Å². The summed E-state index contributed by atoms with van der Waals surface area (Å²) in [5.41, 5.74) is 2.16. The Labute approximate surface area is 121 Å². The molecule has 1 fully saturated rings. The summed E-state index contributed by atoms with van der Waals surface area (Å²) in [5, 5.41) is 1.41. The molecular weight excluding hydrogens is 338 g/mol. The summed E-state index contributed by atoms with van der Waals surface area (Å²) in [6.07, 6.45) is 0. The summed E-state index contributed by atoms with van der Waals surface area (Å²) in [6.45, 7) is 2.47. The Morgan fingerprint density at radius 2 is 2.22 bits per heavy atom. The average molecular weight is 353 g/mol. The van der Waals surface area contributed by atoms with E-state index < -0.39 is 9.84 Å². The Morgan fingerprint density at radius 1 is 1.50 bits per heavy atom. The van der Waals surface area contributed by atoms with Gasteiger partial charge < -0.3 is 4.90 Å². The van der Waals surface area contributed by atoms with E-state index in [0.29, 0.717) is 11.6 Å². The fraction of sp³-hybridized carbons (Fsp3) is 0.500. The van der Waals surface area contributed by atoms with Crippen molar-refractivity contribution in [1.29, 1.82) is 0 Å². The van der Waals surface area contributed by atoms with Crippen molar-refractivity contribution in [3.8, 4) is 0 Å². The van der Waals surface area contributed by atoms with Gasteiger partial charge in [-0.3, -0.25) is 0 Å². The Bertz CT molecular complexity index is 547. The number of hydrogen-bond donors (Lipinski definition) is 0. The van der Waals surface area contributed by atoms with Gasteiger partial charge in [-0.15, -0.1) is 0 Å². The normalized spacial score (nSPS) is 23.1. The molecule has 0 saturated carbocycles. The molecule has 1 aliphatic rings. The van der Waals surface area contributed by atoms with Gasteiger partial charge in [0.25, 0.3) is 0 Å². The molecule has 1 aliphatic heterocycles. The Hall–Kier alpha value is -0.260. The van der Waals surface area contributed by atoms with E-state index in [-0.39, 0.29) is 17.5 Å². The predicted octanol–water partition coefficient (Wildman–Crippen LogP) is 2.86. The molecule has 0 amide bonds.